The quantitative estimate of drug-likeness (QED) is 0.697. The molecule has 28 heavy (non-hydrogen) atoms. The molecule has 4 N–H and O–H groups in total. The van der Waals surface area contributed by atoms with Crippen LogP contribution in [0.4, 0.5) is 10.3 Å². The number of nitrogens with zero attached hydrogens (tertiary/aromatic N) is 2. The van der Waals surface area contributed by atoms with E-state index in [-0.39, 0.29) is 30.1 Å². The van der Waals surface area contributed by atoms with Gasteiger partial charge in [0, 0.05) is 31.3 Å². The predicted octanol–water partition coefficient (Wildman–Crippen LogP) is 0.702. The molecule has 1 saturated heterocycles. The summed E-state index contributed by atoms with van der Waals surface area (Å²) in [5.74, 6) is -0.692. The van der Waals surface area contributed by atoms with Crippen LogP contribution in [-0.4, -0.2) is 46.3 Å². The summed E-state index contributed by atoms with van der Waals surface area (Å²) in [6.07, 6.45) is 1.72. The van der Waals surface area contributed by atoms with Crippen LogP contribution in [0.5, 0.6) is 0 Å². The van der Waals surface area contributed by atoms with Crippen LogP contribution in [0.2, 0.25) is 0 Å². The molecule has 0 spiro atoms. The number of hydrogen-bond donors (Lipinski definition) is 3. The first-order valence-electron chi connectivity index (χ1n) is 9.08. The highest BCUT2D eigenvalue weighted by molar-refractivity contribution is 5.94. The van der Waals surface area contributed by atoms with Gasteiger partial charge in [-0.25, -0.2) is 9.37 Å². The number of anilines is 1. The molecule has 148 valence electrons. The summed E-state index contributed by atoms with van der Waals surface area (Å²) in [6, 6.07) is 6.61. The number of carbonyl (C=O) groups excluding carboxylic acids is 2. The Kier molecular flexibility index (Phi) is 6.03. The molecule has 2 aromatic rings. The minimum atomic E-state index is -0.394. The van der Waals surface area contributed by atoms with Gasteiger partial charge < -0.3 is 16.0 Å². The van der Waals surface area contributed by atoms with Gasteiger partial charge in [-0.2, -0.15) is 0 Å². The van der Waals surface area contributed by atoms with Gasteiger partial charge in [0.05, 0.1) is 12.1 Å². The Balaban J connectivity index is 1.53. The third-order valence-electron chi connectivity index (χ3n) is 4.67. The van der Waals surface area contributed by atoms with Gasteiger partial charge >= 0.3 is 0 Å². The van der Waals surface area contributed by atoms with E-state index >= 15 is 0 Å². The molecule has 0 unspecified atom stereocenters. The lowest BCUT2D eigenvalue weighted by atomic mass is 9.97. The Morgan fingerprint density at radius 2 is 2.07 bits per heavy atom. The zero-order valence-electron chi connectivity index (χ0n) is 15.3. The molecule has 2 amide bonds. The summed E-state index contributed by atoms with van der Waals surface area (Å²) in [7, 11) is 0. The van der Waals surface area contributed by atoms with Crippen molar-refractivity contribution in [1.29, 1.82) is 0 Å². The highest BCUT2D eigenvalue weighted by Crippen LogP contribution is 2.17. The van der Waals surface area contributed by atoms with Crippen molar-refractivity contribution >= 4 is 17.8 Å². The number of benzene rings is 1. The van der Waals surface area contributed by atoms with Crippen molar-refractivity contribution in [3.8, 4) is 0 Å². The highest BCUT2D eigenvalue weighted by atomic mass is 19.1. The van der Waals surface area contributed by atoms with Crippen molar-refractivity contribution in [2.24, 2.45) is 5.92 Å². The summed E-state index contributed by atoms with van der Waals surface area (Å²) in [4.78, 5) is 44.2. The summed E-state index contributed by atoms with van der Waals surface area (Å²) in [5.41, 5.74) is 5.84. The van der Waals surface area contributed by atoms with Crippen molar-refractivity contribution in [2.75, 3.05) is 25.4 Å². The van der Waals surface area contributed by atoms with Gasteiger partial charge in [0.25, 0.3) is 11.5 Å². The van der Waals surface area contributed by atoms with Gasteiger partial charge in [-0.1, -0.05) is 0 Å². The van der Waals surface area contributed by atoms with Crippen molar-refractivity contribution in [3.05, 3.63) is 57.8 Å². The predicted molar refractivity (Wildman–Crippen MR) is 101 cm³/mol. The molecule has 1 atom stereocenters. The summed E-state index contributed by atoms with van der Waals surface area (Å²) >= 11 is 0. The highest BCUT2D eigenvalue weighted by Gasteiger charge is 2.24. The fourth-order valence-electron chi connectivity index (χ4n) is 3.28. The molecule has 8 nitrogen and oxygen atoms in total. The van der Waals surface area contributed by atoms with E-state index in [4.69, 9.17) is 5.73 Å². The summed E-state index contributed by atoms with van der Waals surface area (Å²) < 4.78 is 12.9. The van der Waals surface area contributed by atoms with Crippen molar-refractivity contribution in [2.45, 2.75) is 19.3 Å². The molecule has 1 aliphatic rings. The van der Waals surface area contributed by atoms with Crippen LogP contribution < -0.4 is 16.6 Å². The van der Waals surface area contributed by atoms with Gasteiger partial charge in [-0.3, -0.25) is 19.4 Å². The number of rotatable bonds is 5. The van der Waals surface area contributed by atoms with Crippen LogP contribution in [0.15, 0.2) is 35.1 Å². The first-order chi connectivity index (χ1) is 13.4. The molecule has 0 saturated carbocycles. The molecule has 3 rings (SSSR count). The Bertz CT molecular complexity index is 913. The Morgan fingerprint density at radius 1 is 1.32 bits per heavy atom. The van der Waals surface area contributed by atoms with Crippen molar-refractivity contribution < 1.29 is 14.0 Å². The second-order valence-electron chi connectivity index (χ2n) is 6.86. The minimum absolute atomic E-state index is 0.00276. The number of nitrogens with one attached hydrogen (secondary N) is 2. The van der Waals surface area contributed by atoms with Crippen LogP contribution in [-0.2, 0) is 11.2 Å². The molecule has 9 heteroatoms. The maximum atomic E-state index is 12.9. The average molecular weight is 387 g/mol. The number of halogens is 1. The van der Waals surface area contributed by atoms with E-state index in [0.717, 1.165) is 12.8 Å². The molecule has 2 heterocycles. The maximum absolute atomic E-state index is 12.9. The first-order valence-corrected chi connectivity index (χ1v) is 9.08. The van der Waals surface area contributed by atoms with E-state index in [0.29, 0.717) is 30.9 Å². The molecule has 1 aromatic heterocycles. The molecule has 1 aromatic carbocycles. The molecule has 1 aliphatic heterocycles. The number of hydrogen-bond acceptors (Lipinski definition) is 5. The van der Waals surface area contributed by atoms with Gasteiger partial charge in [0.2, 0.25) is 11.9 Å². The molecule has 0 aliphatic carbocycles. The number of piperidine rings is 1. The minimum Gasteiger partial charge on any atom is -0.369 e. The number of carbonyl (C=O) groups is 2. The SMILES string of the molecule is Nc1nc(CC(=O)N2CCC[C@@H](CNC(=O)c3ccc(F)cc3)C2)cc(=O)[nH]1. The third kappa shape index (κ3) is 5.15. The maximum Gasteiger partial charge on any atom is 0.252 e. The molecule has 0 radical (unpaired) electrons. The number of nitrogens with two attached hydrogens (primary N) is 1. The molecule has 0 bridgehead atoms. The van der Waals surface area contributed by atoms with Crippen LogP contribution >= 0.6 is 0 Å². The van der Waals surface area contributed by atoms with E-state index in [1.165, 1.54) is 30.3 Å². The van der Waals surface area contributed by atoms with Crippen LogP contribution in [0.1, 0.15) is 28.9 Å². The van der Waals surface area contributed by atoms with Crippen molar-refractivity contribution in [1.82, 2.24) is 20.2 Å². The second kappa shape index (κ2) is 8.64. The Morgan fingerprint density at radius 3 is 2.79 bits per heavy atom. The molecular weight excluding hydrogens is 365 g/mol. The lowest BCUT2D eigenvalue weighted by Crippen LogP contribution is -2.44. The van der Waals surface area contributed by atoms with E-state index in [9.17, 15) is 18.8 Å². The van der Waals surface area contributed by atoms with E-state index in [1.807, 2.05) is 0 Å². The number of aromatic nitrogens is 2. The summed E-state index contributed by atoms with van der Waals surface area (Å²) in [5, 5.41) is 2.84. The topological polar surface area (TPSA) is 121 Å². The number of H-pyrrole nitrogens is 1. The van der Waals surface area contributed by atoms with Gasteiger partial charge in [0.1, 0.15) is 5.82 Å². The van der Waals surface area contributed by atoms with Crippen molar-refractivity contribution in [3.63, 3.8) is 0 Å². The standard InChI is InChI=1S/C19H22FN5O3/c20-14-5-3-13(4-6-14)18(28)22-10-12-2-1-7-25(11-12)17(27)9-15-8-16(26)24-19(21)23-15/h3-6,8,12H,1-2,7,9-11H2,(H,22,28)(H3,21,23,24,26)/t12-/m0/s1. The third-order valence-corrected chi connectivity index (χ3v) is 4.67. The van der Waals surface area contributed by atoms with Crippen LogP contribution in [0.3, 0.4) is 0 Å². The van der Waals surface area contributed by atoms with Crippen LogP contribution in [0, 0.1) is 11.7 Å². The average Bonchev–Trinajstić information content (AvgIpc) is 2.66. The zero-order valence-corrected chi connectivity index (χ0v) is 15.3. The van der Waals surface area contributed by atoms with Gasteiger partial charge in [0.15, 0.2) is 0 Å². The second-order valence-corrected chi connectivity index (χ2v) is 6.86. The molecular formula is C19H22FN5O3. The van der Waals surface area contributed by atoms with E-state index in [1.54, 1.807) is 4.90 Å². The number of aromatic amines is 1. The lowest BCUT2D eigenvalue weighted by Gasteiger charge is -2.33. The first kappa shape index (κ1) is 19.5. The number of nitrogen functional groups attached to an aromatic ring is 1. The fourth-order valence-corrected chi connectivity index (χ4v) is 3.28. The zero-order chi connectivity index (χ0) is 20.1. The van der Waals surface area contributed by atoms with Gasteiger partial charge in [-0.15, -0.1) is 0 Å². The monoisotopic (exact) mass is 387 g/mol. The van der Waals surface area contributed by atoms with E-state index in [2.05, 4.69) is 15.3 Å². The van der Waals surface area contributed by atoms with E-state index < -0.39 is 11.4 Å². The molecule has 1 fully saturated rings. The lowest BCUT2D eigenvalue weighted by molar-refractivity contribution is -0.132. The Labute approximate surface area is 161 Å². The van der Waals surface area contributed by atoms with Gasteiger partial charge in [-0.05, 0) is 43.0 Å². The normalized spacial score (nSPS) is 16.6. The smallest absolute Gasteiger partial charge is 0.252 e. The Hall–Kier alpha value is -3.23. The fraction of sp³-hybridized carbons (Fsp3) is 0.368. The number of amides is 2. The van der Waals surface area contributed by atoms with Crippen LogP contribution in [0.25, 0.3) is 0 Å². The largest absolute Gasteiger partial charge is 0.369 e. The number of likely N-dealkylation sites (tertiary alicyclic amines) is 1. The summed E-state index contributed by atoms with van der Waals surface area (Å²) in [6.45, 7) is 1.57.